The van der Waals surface area contributed by atoms with E-state index < -0.39 is 0 Å². The highest BCUT2D eigenvalue weighted by atomic mass is 16.1. The van der Waals surface area contributed by atoms with E-state index in [9.17, 15) is 4.79 Å². The standard InChI is InChI=1S/C10H18N4O/c1-3-5-12-9(10(11)15)7-14-8(2)4-6-13-14/h4,6,9,12H,3,5,7H2,1-2H3,(H2,11,15). The van der Waals surface area contributed by atoms with E-state index in [0.29, 0.717) is 6.54 Å². The molecular formula is C10H18N4O. The Hall–Kier alpha value is -1.36. The molecule has 1 atom stereocenters. The first-order chi connectivity index (χ1) is 7.15. The second kappa shape index (κ2) is 5.50. The number of carbonyl (C=O) groups is 1. The summed E-state index contributed by atoms with van der Waals surface area (Å²) in [6, 6.07) is 1.56. The first-order valence-electron chi connectivity index (χ1n) is 5.16. The minimum absolute atomic E-state index is 0.335. The predicted molar refractivity (Wildman–Crippen MR) is 58.2 cm³/mol. The highest BCUT2D eigenvalue weighted by Crippen LogP contribution is 1.98. The van der Waals surface area contributed by atoms with Gasteiger partial charge in [0.2, 0.25) is 5.91 Å². The van der Waals surface area contributed by atoms with E-state index in [1.807, 2.05) is 19.9 Å². The lowest BCUT2D eigenvalue weighted by Gasteiger charge is -2.15. The topological polar surface area (TPSA) is 72.9 Å². The summed E-state index contributed by atoms with van der Waals surface area (Å²) in [5.74, 6) is -0.335. The molecule has 3 N–H and O–H groups in total. The largest absolute Gasteiger partial charge is 0.368 e. The highest BCUT2D eigenvalue weighted by Gasteiger charge is 2.15. The molecule has 0 fully saturated rings. The van der Waals surface area contributed by atoms with Gasteiger partial charge in [0.15, 0.2) is 0 Å². The molecule has 1 aromatic rings. The van der Waals surface area contributed by atoms with Crippen LogP contribution >= 0.6 is 0 Å². The molecule has 0 bridgehead atoms. The Kier molecular flexibility index (Phi) is 4.30. The van der Waals surface area contributed by atoms with Gasteiger partial charge in [0.25, 0.3) is 0 Å². The molecule has 0 spiro atoms. The van der Waals surface area contributed by atoms with Gasteiger partial charge in [0, 0.05) is 11.9 Å². The second-order valence-corrected chi connectivity index (χ2v) is 3.56. The van der Waals surface area contributed by atoms with Crippen molar-refractivity contribution < 1.29 is 4.79 Å². The highest BCUT2D eigenvalue weighted by molar-refractivity contribution is 5.79. The van der Waals surface area contributed by atoms with Crippen molar-refractivity contribution >= 4 is 5.91 Å². The summed E-state index contributed by atoms with van der Waals surface area (Å²) in [6.45, 7) is 5.27. The Bertz CT molecular complexity index is 321. The zero-order chi connectivity index (χ0) is 11.3. The molecule has 0 aliphatic heterocycles. The summed E-state index contributed by atoms with van der Waals surface area (Å²) in [5.41, 5.74) is 6.33. The van der Waals surface area contributed by atoms with Gasteiger partial charge in [-0.05, 0) is 26.0 Å². The van der Waals surface area contributed by atoms with Crippen molar-refractivity contribution in [2.45, 2.75) is 32.9 Å². The van der Waals surface area contributed by atoms with Crippen molar-refractivity contribution in [3.05, 3.63) is 18.0 Å². The fourth-order valence-electron chi connectivity index (χ4n) is 1.34. The summed E-state index contributed by atoms with van der Waals surface area (Å²) in [5, 5.41) is 7.21. The van der Waals surface area contributed by atoms with Crippen LogP contribution in [-0.4, -0.2) is 28.3 Å². The molecule has 84 valence electrons. The second-order valence-electron chi connectivity index (χ2n) is 3.56. The molecule has 1 rings (SSSR count). The lowest BCUT2D eigenvalue weighted by molar-refractivity contribution is -0.120. The van der Waals surface area contributed by atoms with Gasteiger partial charge in [-0.15, -0.1) is 0 Å². The number of hydrogen-bond donors (Lipinski definition) is 2. The first-order valence-corrected chi connectivity index (χ1v) is 5.16. The smallest absolute Gasteiger partial charge is 0.236 e. The van der Waals surface area contributed by atoms with Gasteiger partial charge >= 0.3 is 0 Å². The van der Waals surface area contributed by atoms with Gasteiger partial charge in [-0.1, -0.05) is 6.92 Å². The Labute approximate surface area is 89.6 Å². The fourth-order valence-corrected chi connectivity index (χ4v) is 1.34. The van der Waals surface area contributed by atoms with E-state index in [1.54, 1.807) is 10.9 Å². The average Bonchev–Trinajstić information content (AvgIpc) is 2.58. The molecule has 1 amide bonds. The van der Waals surface area contributed by atoms with Crippen molar-refractivity contribution in [2.75, 3.05) is 6.54 Å². The third kappa shape index (κ3) is 3.36. The molecule has 0 aromatic carbocycles. The van der Waals surface area contributed by atoms with Gasteiger partial charge in [-0.3, -0.25) is 9.48 Å². The molecule has 0 saturated carbocycles. The molecule has 0 aliphatic rings. The molecule has 0 saturated heterocycles. The Morgan fingerprint density at radius 1 is 1.73 bits per heavy atom. The van der Waals surface area contributed by atoms with Crippen LogP contribution in [0.5, 0.6) is 0 Å². The maximum atomic E-state index is 11.2. The zero-order valence-electron chi connectivity index (χ0n) is 9.23. The van der Waals surface area contributed by atoms with Gasteiger partial charge in [0.1, 0.15) is 6.04 Å². The molecule has 0 radical (unpaired) electrons. The summed E-state index contributed by atoms with van der Waals surface area (Å²) in [7, 11) is 0. The molecule has 1 aromatic heterocycles. The number of aromatic nitrogens is 2. The van der Waals surface area contributed by atoms with Crippen LogP contribution in [0.25, 0.3) is 0 Å². The van der Waals surface area contributed by atoms with E-state index in [-0.39, 0.29) is 11.9 Å². The van der Waals surface area contributed by atoms with Crippen LogP contribution in [0.4, 0.5) is 0 Å². The lowest BCUT2D eigenvalue weighted by atomic mass is 10.2. The van der Waals surface area contributed by atoms with E-state index in [1.165, 1.54) is 0 Å². The normalized spacial score (nSPS) is 12.7. The van der Waals surface area contributed by atoms with Crippen molar-refractivity contribution in [2.24, 2.45) is 5.73 Å². The molecule has 0 aliphatic carbocycles. The zero-order valence-corrected chi connectivity index (χ0v) is 9.23. The first kappa shape index (κ1) is 11.7. The number of amides is 1. The number of nitrogens with one attached hydrogen (secondary N) is 1. The minimum atomic E-state index is -0.344. The van der Waals surface area contributed by atoms with Crippen LogP contribution in [0, 0.1) is 6.92 Å². The summed E-state index contributed by atoms with van der Waals surface area (Å²) < 4.78 is 1.78. The third-order valence-electron chi connectivity index (χ3n) is 2.27. The maximum absolute atomic E-state index is 11.2. The maximum Gasteiger partial charge on any atom is 0.236 e. The number of nitrogens with zero attached hydrogens (tertiary/aromatic N) is 2. The monoisotopic (exact) mass is 210 g/mol. The summed E-state index contributed by atoms with van der Waals surface area (Å²) >= 11 is 0. The van der Waals surface area contributed by atoms with E-state index in [0.717, 1.165) is 18.7 Å². The Morgan fingerprint density at radius 3 is 2.93 bits per heavy atom. The van der Waals surface area contributed by atoms with Crippen LogP contribution in [0.1, 0.15) is 19.0 Å². The molecule has 1 heterocycles. The van der Waals surface area contributed by atoms with Crippen LogP contribution in [0.3, 0.4) is 0 Å². The van der Waals surface area contributed by atoms with Crippen LogP contribution in [0.2, 0.25) is 0 Å². The number of nitrogens with two attached hydrogens (primary N) is 1. The van der Waals surface area contributed by atoms with Gasteiger partial charge in [-0.25, -0.2) is 0 Å². The van der Waals surface area contributed by atoms with E-state index in [2.05, 4.69) is 10.4 Å². The number of primary amides is 1. The third-order valence-corrected chi connectivity index (χ3v) is 2.27. The Balaban J connectivity index is 2.59. The number of hydrogen-bond acceptors (Lipinski definition) is 3. The van der Waals surface area contributed by atoms with E-state index >= 15 is 0 Å². The van der Waals surface area contributed by atoms with Gasteiger partial charge in [-0.2, -0.15) is 5.10 Å². The van der Waals surface area contributed by atoms with Crippen LogP contribution in [-0.2, 0) is 11.3 Å². The molecule has 5 nitrogen and oxygen atoms in total. The molecule has 5 heteroatoms. The van der Waals surface area contributed by atoms with Crippen molar-refractivity contribution in [1.82, 2.24) is 15.1 Å². The van der Waals surface area contributed by atoms with Gasteiger partial charge in [0.05, 0.1) is 6.54 Å². The quantitative estimate of drug-likeness (QED) is 0.696. The van der Waals surface area contributed by atoms with E-state index in [4.69, 9.17) is 5.73 Å². The number of aryl methyl sites for hydroxylation is 1. The number of carbonyl (C=O) groups excluding carboxylic acids is 1. The summed E-state index contributed by atoms with van der Waals surface area (Å²) in [6.07, 6.45) is 2.69. The molecule has 15 heavy (non-hydrogen) atoms. The predicted octanol–water partition coefficient (Wildman–Crippen LogP) is 0.0450. The van der Waals surface area contributed by atoms with Crippen molar-refractivity contribution in [3.8, 4) is 0 Å². The van der Waals surface area contributed by atoms with Crippen LogP contribution < -0.4 is 11.1 Å². The summed E-state index contributed by atoms with van der Waals surface area (Å²) in [4.78, 5) is 11.2. The fraction of sp³-hybridized carbons (Fsp3) is 0.600. The lowest BCUT2D eigenvalue weighted by Crippen LogP contribution is -2.44. The van der Waals surface area contributed by atoms with Crippen molar-refractivity contribution in [3.63, 3.8) is 0 Å². The number of rotatable bonds is 6. The van der Waals surface area contributed by atoms with Crippen LogP contribution in [0.15, 0.2) is 12.3 Å². The molecule has 1 unspecified atom stereocenters. The SMILES string of the molecule is CCCNC(Cn1nccc1C)C(N)=O. The van der Waals surface area contributed by atoms with Crippen molar-refractivity contribution in [1.29, 1.82) is 0 Å². The van der Waals surface area contributed by atoms with Gasteiger partial charge < -0.3 is 11.1 Å². The Morgan fingerprint density at radius 2 is 2.47 bits per heavy atom. The average molecular weight is 210 g/mol. The minimum Gasteiger partial charge on any atom is -0.368 e. The molecular weight excluding hydrogens is 192 g/mol.